The van der Waals surface area contributed by atoms with Crippen LogP contribution >= 0.6 is 0 Å². The van der Waals surface area contributed by atoms with Crippen molar-refractivity contribution in [1.82, 2.24) is 5.32 Å². The van der Waals surface area contributed by atoms with E-state index >= 15 is 0 Å². The first-order valence-corrected chi connectivity index (χ1v) is 8.94. The molecule has 0 spiro atoms. The monoisotopic (exact) mass is 361 g/mol. The molecule has 26 heavy (non-hydrogen) atoms. The van der Waals surface area contributed by atoms with Gasteiger partial charge in [-0.1, -0.05) is 0 Å². The Kier molecular flexibility index (Phi) is 7.59. The van der Waals surface area contributed by atoms with Gasteiger partial charge in [0.15, 0.2) is 0 Å². The molecule has 0 bridgehead atoms. The van der Waals surface area contributed by atoms with Crippen molar-refractivity contribution in [3.05, 3.63) is 24.3 Å². The number of carbonyl (C=O) groups excluding carboxylic acids is 3. The van der Waals surface area contributed by atoms with Gasteiger partial charge in [-0.05, 0) is 49.9 Å². The van der Waals surface area contributed by atoms with Crippen LogP contribution < -0.4 is 16.0 Å². The number of rotatable bonds is 7. The Morgan fingerprint density at radius 3 is 1.92 bits per heavy atom. The van der Waals surface area contributed by atoms with Crippen LogP contribution in [-0.2, 0) is 19.1 Å². The van der Waals surface area contributed by atoms with E-state index in [-0.39, 0.29) is 29.6 Å². The normalized spacial score (nSPS) is 19.5. The molecule has 7 nitrogen and oxygen atoms in total. The largest absolute Gasteiger partial charge is 0.383 e. The molecule has 7 heteroatoms. The molecular formula is C19H27N3O4. The lowest BCUT2D eigenvalue weighted by atomic mass is 9.81. The van der Waals surface area contributed by atoms with Gasteiger partial charge in [-0.25, -0.2) is 0 Å². The molecule has 1 aromatic carbocycles. The number of hydrogen-bond donors (Lipinski definition) is 3. The van der Waals surface area contributed by atoms with Crippen molar-refractivity contribution in [2.45, 2.75) is 32.6 Å². The van der Waals surface area contributed by atoms with Crippen molar-refractivity contribution in [2.75, 3.05) is 30.9 Å². The van der Waals surface area contributed by atoms with Crippen LogP contribution in [0.5, 0.6) is 0 Å². The fourth-order valence-corrected chi connectivity index (χ4v) is 3.12. The highest BCUT2D eigenvalue weighted by Crippen LogP contribution is 2.30. The highest BCUT2D eigenvalue weighted by atomic mass is 16.5. The van der Waals surface area contributed by atoms with Gasteiger partial charge >= 0.3 is 0 Å². The Bertz CT molecular complexity index is 622. The topological polar surface area (TPSA) is 96.5 Å². The summed E-state index contributed by atoms with van der Waals surface area (Å²) >= 11 is 0. The van der Waals surface area contributed by atoms with Gasteiger partial charge in [-0.15, -0.1) is 0 Å². The molecule has 1 fully saturated rings. The number of benzene rings is 1. The van der Waals surface area contributed by atoms with E-state index in [0.29, 0.717) is 37.4 Å². The number of hydrogen-bond acceptors (Lipinski definition) is 4. The van der Waals surface area contributed by atoms with Crippen LogP contribution in [0, 0.1) is 11.8 Å². The molecule has 0 unspecified atom stereocenters. The summed E-state index contributed by atoms with van der Waals surface area (Å²) in [6.45, 7) is 2.47. The third kappa shape index (κ3) is 6.15. The standard InChI is InChI=1S/C19H27N3O4/c1-13(23)21-16-7-9-17(10-8-16)22-19(25)15-5-3-14(4-6-15)18(24)20-11-12-26-2/h7-10,14-15H,3-6,11-12H2,1-2H3,(H,20,24)(H,21,23)(H,22,25). The molecule has 1 saturated carbocycles. The Morgan fingerprint density at radius 2 is 1.42 bits per heavy atom. The molecule has 0 saturated heterocycles. The van der Waals surface area contributed by atoms with E-state index in [1.54, 1.807) is 31.4 Å². The van der Waals surface area contributed by atoms with Crippen molar-refractivity contribution in [3.8, 4) is 0 Å². The summed E-state index contributed by atoms with van der Waals surface area (Å²) in [5.41, 5.74) is 1.39. The van der Waals surface area contributed by atoms with Crippen LogP contribution in [0.3, 0.4) is 0 Å². The molecule has 1 aliphatic carbocycles. The van der Waals surface area contributed by atoms with E-state index < -0.39 is 0 Å². The van der Waals surface area contributed by atoms with Gasteiger partial charge in [0, 0.05) is 43.8 Å². The third-order valence-electron chi connectivity index (χ3n) is 4.55. The summed E-state index contributed by atoms with van der Waals surface area (Å²) in [6, 6.07) is 7.02. The maximum atomic E-state index is 12.4. The lowest BCUT2D eigenvalue weighted by Gasteiger charge is -2.27. The lowest BCUT2D eigenvalue weighted by Crippen LogP contribution is -2.36. The molecule has 0 aromatic heterocycles. The van der Waals surface area contributed by atoms with Gasteiger partial charge in [-0.3, -0.25) is 14.4 Å². The predicted octanol–water partition coefficient (Wildman–Crippen LogP) is 2.15. The predicted molar refractivity (Wildman–Crippen MR) is 99.7 cm³/mol. The first-order valence-electron chi connectivity index (χ1n) is 8.94. The Hall–Kier alpha value is -2.41. The number of anilines is 2. The lowest BCUT2D eigenvalue weighted by molar-refractivity contribution is -0.128. The first-order chi connectivity index (χ1) is 12.5. The van der Waals surface area contributed by atoms with Crippen molar-refractivity contribution in [2.24, 2.45) is 11.8 Å². The van der Waals surface area contributed by atoms with Crippen molar-refractivity contribution in [3.63, 3.8) is 0 Å². The fourth-order valence-electron chi connectivity index (χ4n) is 3.12. The maximum Gasteiger partial charge on any atom is 0.227 e. The molecule has 3 amide bonds. The van der Waals surface area contributed by atoms with Gasteiger partial charge in [0.05, 0.1) is 6.61 Å². The SMILES string of the molecule is COCCNC(=O)C1CCC(C(=O)Nc2ccc(NC(C)=O)cc2)CC1. The van der Waals surface area contributed by atoms with Crippen LogP contribution in [0.4, 0.5) is 11.4 Å². The Morgan fingerprint density at radius 1 is 0.923 bits per heavy atom. The third-order valence-corrected chi connectivity index (χ3v) is 4.55. The summed E-state index contributed by atoms with van der Waals surface area (Å²) < 4.78 is 4.92. The Balaban J connectivity index is 1.77. The quantitative estimate of drug-likeness (QED) is 0.648. The second kappa shape index (κ2) is 9.91. The van der Waals surface area contributed by atoms with Crippen LogP contribution in [0.2, 0.25) is 0 Å². The number of carbonyl (C=O) groups is 3. The van der Waals surface area contributed by atoms with Gasteiger partial charge in [0.2, 0.25) is 17.7 Å². The minimum atomic E-state index is -0.134. The zero-order valence-electron chi connectivity index (χ0n) is 15.3. The maximum absolute atomic E-state index is 12.4. The van der Waals surface area contributed by atoms with Gasteiger partial charge in [-0.2, -0.15) is 0 Å². The van der Waals surface area contributed by atoms with E-state index in [1.165, 1.54) is 6.92 Å². The van der Waals surface area contributed by atoms with E-state index in [4.69, 9.17) is 4.74 Å². The summed E-state index contributed by atoms with van der Waals surface area (Å²) in [5, 5.41) is 8.46. The zero-order chi connectivity index (χ0) is 18.9. The second-order valence-corrected chi connectivity index (χ2v) is 6.58. The summed E-state index contributed by atoms with van der Waals surface area (Å²) in [5.74, 6) is -0.198. The average Bonchev–Trinajstić information content (AvgIpc) is 2.63. The van der Waals surface area contributed by atoms with Crippen LogP contribution in [0.25, 0.3) is 0 Å². The number of ether oxygens (including phenoxy) is 1. The number of nitrogens with one attached hydrogen (secondary N) is 3. The summed E-state index contributed by atoms with van der Waals surface area (Å²) in [6.07, 6.45) is 2.85. The highest BCUT2D eigenvalue weighted by molar-refractivity contribution is 5.93. The highest BCUT2D eigenvalue weighted by Gasteiger charge is 2.29. The molecule has 3 N–H and O–H groups in total. The zero-order valence-corrected chi connectivity index (χ0v) is 15.3. The second-order valence-electron chi connectivity index (χ2n) is 6.58. The van der Waals surface area contributed by atoms with Crippen LogP contribution in [0.15, 0.2) is 24.3 Å². The van der Waals surface area contributed by atoms with Crippen molar-refractivity contribution in [1.29, 1.82) is 0 Å². The minimum absolute atomic E-state index is 0.0180. The van der Waals surface area contributed by atoms with E-state index in [0.717, 1.165) is 12.8 Å². The molecule has 1 aromatic rings. The van der Waals surface area contributed by atoms with Crippen LogP contribution in [0.1, 0.15) is 32.6 Å². The molecule has 2 rings (SSSR count). The summed E-state index contributed by atoms with van der Waals surface area (Å²) in [4.78, 5) is 35.5. The van der Waals surface area contributed by atoms with E-state index in [2.05, 4.69) is 16.0 Å². The van der Waals surface area contributed by atoms with Gasteiger partial charge in [0.1, 0.15) is 0 Å². The number of methoxy groups -OCH3 is 1. The minimum Gasteiger partial charge on any atom is -0.383 e. The molecule has 0 heterocycles. The summed E-state index contributed by atoms with van der Waals surface area (Å²) in [7, 11) is 1.60. The van der Waals surface area contributed by atoms with Gasteiger partial charge < -0.3 is 20.7 Å². The average molecular weight is 361 g/mol. The molecule has 0 aliphatic heterocycles. The van der Waals surface area contributed by atoms with E-state index in [9.17, 15) is 14.4 Å². The molecule has 1 aliphatic rings. The van der Waals surface area contributed by atoms with Crippen LogP contribution in [-0.4, -0.2) is 38.0 Å². The van der Waals surface area contributed by atoms with Gasteiger partial charge in [0.25, 0.3) is 0 Å². The smallest absolute Gasteiger partial charge is 0.227 e. The fraction of sp³-hybridized carbons (Fsp3) is 0.526. The number of amides is 3. The molecule has 0 atom stereocenters. The van der Waals surface area contributed by atoms with Crippen molar-refractivity contribution >= 4 is 29.1 Å². The first kappa shape index (κ1) is 19.9. The van der Waals surface area contributed by atoms with E-state index in [1.807, 2.05) is 0 Å². The van der Waals surface area contributed by atoms with Crippen molar-refractivity contribution < 1.29 is 19.1 Å². The molecular weight excluding hydrogens is 334 g/mol. The molecule has 142 valence electrons. The Labute approximate surface area is 153 Å². The molecule has 0 radical (unpaired) electrons.